The Morgan fingerprint density at radius 3 is 2.33 bits per heavy atom. The number of piperidine rings is 1. The summed E-state index contributed by atoms with van der Waals surface area (Å²) in [7, 11) is 0. The molecule has 0 saturated carbocycles. The zero-order valence-corrected chi connectivity index (χ0v) is 22.3. The van der Waals surface area contributed by atoms with Crippen molar-refractivity contribution in [2.45, 2.75) is 45.4 Å². The Hall–Kier alpha value is -3.81. The molecule has 1 amide bonds. The smallest absolute Gasteiger partial charge is 0.241 e. The summed E-state index contributed by atoms with van der Waals surface area (Å²) in [5.74, 6) is 1.43. The lowest BCUT2D eigenvalue weighted by atomic mass is 9.96. The van der Waals surface area contributed by atoms with Gasteiger partial charge in [0.15, 0.2) is 0 Å². The van der Waals surface area contributed by atoms with Crippen LogP contribution in [0.25, 0.3) is 11.4 Å². The van der Waals surface area contributed by atoms with Gasteiger partial charge in [0.2, 0.25) is 17.6 Å². The Bertz CT molecular complexity index is 1380. The van der Waals surface area contributed by atoms with Crippen LogP contribution >= 0.6 is 0 Å². The Morgan fingerprint density at radius 1 is 0.821 bits per heavy atom. The summed E-state index contributed by atoms with van der Waals surface area (Å²) in [5, 5.41) is 7.27. The first-order chi connectivity index (χ1) is 19.2. The molecule has 1 saturated heterocycles. The van der Waals surface area contributed by atoms with E-state index >= 15 is 0 Å². The molecule has 0 radical (unpaired) electrons. The van der Waals surface area contributed by atoms with Gasteiger partial charge in [0.25, 0.3) is 0 Å². The van der Waals surface area contributed by atoms with E-state index in [0.717, 1.165) is 63.1 Å². The molecule has 1 aromatic heterocycles. The number of carbonyl (C=O) groups excluding carboxylic acids is 1. The van der Waals surface area contributed by atoms with Crippen molar-refractivity contribution < 1.29 is 9.32 Å². The van der Waals surface area contributed by atoms with Crippen molar-refractivity contribution in [3.05, 3.63) is 107 Å². The first-order valence-electron chi connectivity index (χ1n) is 13.9. The average molecular weight is 522 g/mol. The standard InChI is InChI=1S/C32H35N5O2/c38-32(28-15-17-36(18-16-28)23-30-34-31(35-39-30)27-7-2-1-3-8-27)33-20-24-10-12-25(13-11-24)21-37-19-14-26-6-4-5-9-29(26)22-37/h1-13,28H,14-23H2,(H,33,38). The van der Waals surface area contributed by atoms with Gasteiger partial charge in [-0.1, -0.05) is 84.0 Å². The quantitative estimate of drug-likeness (QED) is 0.358. The second kappa shape index (κ2) is 11.9. The van der Waals surface area contributed by atoms with Crippen molar-refractivity contribution in [2.75, 3.05) is 19.6 Å². The lowest BCUT2D eigenvalue weighted by Crippen LogP contribution is -2.40. The maximum Gasteiger partial charge on any atom is 0.241 e. The second-order valence-electron chi connectivity index (χ2n) is 10.7. The van der Waals surface area contributed by atoms with Crippen LogP contribution in [0.1, 0.15) is 41.0 Å². The molecule has 2 aliphatic heterocycles. The number of nitrogens with zero attached hydrogens (tertiary/aromatic N) is 4. The summed E-state index contributed by atoms with van der Waals surface area (Å²) < 4.78 is 5.46. The van der Waals surface area contributed by atoms with Gasteiger partial charge in [0.05, 0.1) is 6.54 Å². The summed E-state index contributed by atoms with van der Waals surface area (Å²) in [6, 6.07) is 27.3. The van der Waals surface area contributed by atoms with Crippen LogP contribution in [0.5, 0.6) is 0 Å². The summed E-state index contributed by atoms with van der Waals surface area (Å²) in [5.41, 5.74) is 6.33. The molecule has 0 bridgehead atoms. The first kappa shape index (κ1) is 25.5. The number of hydrogen-bond donors (Lipinski definition) is 1. The van der Waals surface area contributed by atoms with E-state index in [1.165, 1.54) is 16.7 Å². The molecule has 7 nitrogen and oxygen atoms in total. The zero-order chi connectivity index (χ0) is 26.4. The molecule has 0 spiro atoms. The highest BCUT2D eigenvalue weighted by Crippen LogP contribution is 2.22. The topological polar surface area (TPSA) is 74.5 Å². The monoisotopic (exact) mass is 521 g/mol. The van der Waals surface area contributed by atoms with Crippen LogP contribution in [0.2, 0.25) is 0 Å². The molecular formula is C32H35N5O2. The maximum absolute atomic E-state index is 12.8. The van der Waals surface area contributed by atoms with Crippen molar-refractivity contribution in [1.29, 1.82) is 0 Å². The summed E-state index contributed by atoms with van der Waals surface area (Å²) in [4.78, 5) is 22.2. The van der Waals surface area contributed by atoms with Crippen LogP contribution in [0.4, 0.5) is 0 Å². The van der Waals surface area contributed by atoms with Gasteiger partial charge in [0, 0.05) is 37.7 Å². The predicted molar refractivity (Wildman–Crippen MR) is 150 cm³/mol. The van der Waals surface area contributed by atoms with Crippen LogP contribution in [0.15, 0.2) is 83.4 Å². The van der Waals surface area contributed by atoms with E-state index in [1.54, 1.807) is 0 Å². The molecule has 1 fully saturated rings. The fourth-order valence-electron chi connectivity index (χ4n) is 5.61. The number of carbonyl (C=O) groups is 1. The summed E-state index contributed by atoms with van der Waals surface area (Å²) in [6.07, 6.45) is 2.79. The minimum Gasteiger partial charge on any atom is -0.352 e. The highest BCUT2D eigenvalue weighted by molar-refractivity contribution is 5.78. The van der Waals surface area contributed by atoms with E-state index in [4.69, 9.17) is 4.52 Å². The fraction of sp³-hybridized carbons (Fsp3) is 0.344. The third-order valence-corrected chi connectivity index (χ3v) is 7.92. The van der Waals surface area contributed by atoms with Crippen molar-refractivity contribution in [2.24, 2.45) is 5.92 Å². The molecule has 4 aromatic rings. The van der Waals surface area contributed by atoms with E-state index in [-0.39, 0.29) is 11.8 Å². The van der Waals surface area contributed by atoms with Crippen LogP contribution in [-0.4, -0.2) is 45.5 Å². The van der Waals surface area contributed by atoms with Crippen LogP contribution in [-0.2, 0) is 37.4 Å². The Morgan fingerprint density at radius 2 is 1.54 bits per heavy atom. The largest absolute Gasteiger partial charge is 0.352 e. The molecular weight excluding hydrogens is 486 g/mol. The number of hydrogen-bond acceptors (Lipinski definition) is 6. The molecule has 3 heterocycles. The summed E-state index contributed by atoms with van der Waals surface area (Å²) >= 11 is 0. The maximum atomic E-state index is 12.8. The molecule has 0 unspecified atom stereocenters. The molecule has 2 aliphatic rings. The highest BCUT2D eigenvalue weighted by Gasteiger charge is 2.26. The van der Waals surface area contributed by atoms with Gasteiger partial charge in [-0.05, 0) is 54.6 Å². The summed E-state index contributed by atoms with van der Waals surface area (Å²) in [6.45, 7) is 5.93. The van der Waals surface area contributed by atoms with E-state index < -0.39 is 0 Å². The Balaban J connectivity index is 0.926. The fourth-order valence-corrected chi connectivity index (χ4v) is 5.61. The van der Waals surface area contributed by atoms with Crippen molar-refractivity contribution >= 4 is 5.91 Å². The number of benzene rings is 3. The minimum absolute atomic E-state index is 0.0464. The van der Waals surface area contributed by atoms with E-state index in [1.807, 2.05) is 30.3 Å². The Kier molecular flexibility index (Phi) is 7.79. The second-order valence-corrected chi connectivity index (χ2v) is 10.7. The molecule has 7 heteroatoms. The molecule has 200 valence electrons. The van der Waals surface area contributed by atoms with Crippen LogP contribution < -0.4 is 5.32 Å². The molecule has 0 aliphatic carbocycles. The lowest BCUT2D eigenvalue weighted by Gasteiger charge is -2.30. The number of rotatable bonds is 8. The van der Waals surface area contributed by atoms with Crippen molar-refractivity contribution in [3.63, 3.8) is 0 Å². The highest BCUT2D eigenvalue weighted by atomic mass is 16.5. The van der Waals surface area contributed by atoms with Crippen LogP contribution in [0.3, 0.4) is 0 Å². The SMILES string of the molecule is O=C(NCc1ccc(CN2CCc3ccccc3C2)cc1)C1CCN(Cc2nc(-c3ccccc3)no2)CC1. The van der Waals surface area contributed by atoms with Gasteiger partial charge in [-0.3, -0.25) is 14.6 Å². The van der Waals surface area contributed by atoms with Gasteiger partial charge in [-0.25, -0.2) is 0 Å². The van der Waals surface area contributed by atoms with E-state index in [9.17, 15) is 4.79 Å². The molecule has 39 heavy (non-hydrogen) atoms. The number of amides is 1. The number of likely N-dealkylation sites (tertiary alicyclic amines) is 1. The van der Waals surface area contributed by atoms with Gasteiger partial charge < -0.3 is 9.84 Å². The van der Waals surface area contributed by atoms with E-state index in [2.05, 4.69) is 73.8 Å². The van der Waals surface area contributed by atoms with Crippen LogP contribution in [0, 0.1) is 5.92 Å². The van der Waals surface area contributed by atoms with Gasteiger partial charge in [-0.15, -0.1) is 0 Å². The van der Waals surface area contributed by atoms with Gasteiger partial charge in [-0.2, -0.15) is 4.98 Å². The third kappa shape index (κ3) is 6.44. The number of nitrogens with one attached hydrogen (secondary N) is 1. The normalized spacial score (nSPS) is 16.6. The number of aromatic nitrogens is 2. The number of fused-ring (bicyclic) bond motifs is 1. The first-order valence-corrected chi connectivity index (χ1v) is 13.9. The molecule has 3 aromatic carbocycles. The molecule has 0 atom stereocenters. The van der Waals surface area contributed by atoms with Gasteiger partial charge >= 0.3 is 0 Å². The van der Waals surface area contributed by atoms with Crippen molar-refractivity contribution in [3.8, 4) is 11.4 Å². The zero-order valence-electron chi connectivity index (χ0n) is 22.3. The minimum atomic E-state index is 0.0464. The lowest BCUT2D eigenvalue weighted by molar-refractivity contribution is -0.126. The van der Waals surface area contributed by atoms with Gasteiger partial charge in [0.1, 0.15) is 0 Å². The molecule has 6 rings (SSSR count). The Labute approximate surface area is 229 Å². The predicted octanol–water partition coefficient (Wildman–Crippen LogP) is 4.82. The third-order valence-electron chi connectivity index (χ3n) is 7.92. The van der Waals surface area contributed by atoms with E-state index in [0.29, 0.717) is 24.8 Å². The van der Waals surface area contributed by atoms with Crippen molar-refractivity contribution in [1.82, 2.24) is 25.3 Å². The average Bonchev–Trinajstić information content (AvgIpc) is 3.46. The molecule has 1 N–H and O–H groups in total.